The van der Waals surface area contributed by atoms with E-state index < -0.39 is 0 Å². The fourth-order valence-electron chi connectivity index (χ4n) is 2.50. The maximum atomic E-state index is 11.6. The van der Waals surface area contributed by atoms with Crippen molar-refractivity contribution in [1.82, 2.24) is 0 Å². The van der Waals surface area contributed by atoms with Gasteiger partial charge in [0.2, 0.25) is 12.3 Å². The molecule has 1 fully saturated rings. The van der Waals surface area contributed by atoms with Gasteiger partial charge in [0.1, 0.15) is 0 Å². The number of methoxy groups -OCH3 is 1. The molecule has 0 atom stereocenters. The quantitative estimate of drug-likeness (QED) is 0.299. The minimum atomic E-state index is -0.385. The fraction of sp³-hybridized carbons (Fsp3) is 0.467. The van der Waals surface area contributed by atoms with Crippen molar-refractivity contribution in [2.24, 2.45) is 0 Å². The first-order valence-corrected chi connectivity index (χ1v) is 6.72. The molecule has 0 bridgehead atoms. The van der Waals surface area contributed by atoms with E-state index in [9.17, 15) is 10.0 Å². The van der Waals surface area contributed by atoms with Crippen LogP contribution in [0.3, 0.4) is 0 Å². The van der Waals surface area contributed by atoms with Gasteiger partial charge in [-0.1, -0.05) is 18.6 Å². The molecular formula is C15H20NO3+. The van der Waals surface area contributed by atoms with Gasteiger partial charge in [-0.3, -0.25) is 5.21 Å². The molecule has 1 aromatic rings. The summed E-state index contributed by atoms with van der Waals surface area (Å²) in [6, 6.07) is 7.28. The van der Waals surface area contributed by atoms with E-state index in [0.29, 0.717) is 11.1 Å². The van der Waals surface area contributed by atoms with E-state index in [0.717, 1.165) is 25.7 Å². The van der Waals surface area contributed by atoms with Gasteiger partial charge in [-0.15, -0.1) is 0 Å². The number of rotatable bonds is 3. The van der Waals surface area contributed by atoms with Crippen LogP contribution in [0.4, 0.5) is 0 Å². The molecule has 0 unspecified atom stereocenters. The van der Waals surface area contributed by atoms with Gasteiger partial charge in [0, 0.05) is 12.8 Å². The number of nitrogens with zero attached hydrogens (tertiary/aromatic N) is 1. The maximum absolute atomic E-state index is 11.6. The number of hydrogen-bond donors (Lipinski definition) is 1. The van der Waals surface area contributed by atoms with E-state index in [1.165, 1.54) is 18.3 Å². The summed E-state index contributed by atoms with van der Waals surface area (Å²) in [5.41, 5.74) is 1.15. The Kier molecular flexibility index (Phi) is 4.55. The molecule has 0 amide bonds. The van der Waals surface area contributed by atoms with Crippen molar-refractivity contribution in [1.29, 1.82) is 0 Å². The van der Waals surface area contributed by atoms with Crippen LogP contribution in [0.5, 0.6) is 0 Å². The Hall–Kier alpha value is -1.84. The third-order valence-corrected chi connectivity index (χ3v) is 3.59. The van der Waals surface area contributed by atoms with Crippen LogP contribution in [0.25, 0.3) is 0 Å². The number of hydroxylamine groups is 1. The number of benzene rings is 1. The molecular weight excluding hydrogens is 242 g/mol. The van der Waals surface area contributed by atoms with Crippen LogP contribution in [0.2, 0.25) is 0 Å². The zero-order valence-electron chi connectivity index (χ0n) is 11.2. The highest BCUT2D eigenvalue weighted by Crippen LogP contribution is 2.19. The summed E-state index contributed by atoms with van der Waals surface area (Å²) < 4.78 is 6.00. The van der Waals surface area contributed by atoms with E-state index in [2.05, 4.69) is 0 Å². The first-order valence-electron chi connectivity index (χ1n) is 6.72. The van der Waals surface area contributed by atoms with Crippen molar-refractivity contribution in [2.45, 2.75) is 38.1 Å². The summed E-state index contributed by atoms with van der Waals surface area (Å²) in [7, 11) is 1.36. The molecule has 4 nitrogen and oxygen atoms in total. The van der Waals surface area contributed by atoms with Crippen LogP contribution >= 0.6 is 0 Å². The molecule has 0 spiro atoms. The molecule has 1 N–H and O–H groups in total. The first-order chi connectivity index (χ1) is 9.22. The Labute approximate surface area is 113 Å². The lowest BCUT2D eigenvalue weighted by Gasteiger charge is -2.15. The Bertz CT molecular complexity index is 476. The second-order valence-electron chi connectivity index (χ2n) is 4.88. The van der Waals surface area contributed by atoms with E-state index in [-0.39, 0.29) is 12.0 Å². The van der Waals surface area contributed by atoms with E-state index in [4.69, 9.17) is 4.74 Å². The Morgan fingerprint density at radius 1 is 1.32 bits per heavy atom. The standard InChI is InChI=1S/C15H20NO3/c1-19-15(17)14-10-6-5-7-12(14)11-16(18)13-8-3-2-4-9-13/h5-7,10-11,13,18H,2-4,8-9H2,1H3/q+1/b16-11-. The van der Waals surface area contributed by atoms with Gasteiger partial charge in [0.25, 0.3) is 0 Å². The first kappa shape index (κ1) is 13.6. The fourth-order valence-corrected chi connectivity index (χ4v) is 2.50. The van der Waals surface area contributed by atoms with Crippen molar-refractivity contribution in [3.8, 4) is 0 Å². The molecule has 19 heavy (non-hydrogen) atoms. The monoisotopic (exact) mass is 262 g/mol. The lowest BCUT2D eigenvalue weighted by Crippen LogP contribution is -2.27. The predicted octanol–water partition coefficient (Wildman–Crippen LogP) is 2.63. The summed E-state index contributed by atoms with van der Waals surface area (Å²) in [6.45, 7) is 0. The Morgan fingerprint density at radius 3 is 2.68 bits per heavy atom. The molecule has 0 aliphatic heterocycles. The second kappa shape index (κ2) is 6.36. The molecule has 102 valence electrons. The predicted molar refractivity (Wildman–Crippen MR) is 71.9 cm³/mol. The van der Waals surface area contributed by atoms with Gasteiger partial charge in [-0.2, -0.15) is 0 Å². The molecule has 0 heterocycles. The molecule has 4 heteroatoms. The maximum Gasteiger partial charge on any atom is 0.338 e. The Balaban J connectivity index is 2.23. The van der Waals surface area contributed by atoms with Gasteiger partial charge in [0.05, 0.1) is 18.2 Å². The lowest BCUT2D eigenvalue weighted by molar-refractivity contribution is -0.797. The van der Waals surface area contributed by atoms with Gasteiger partial charge >= 0.3 is 5.97 Å². The summed E-state index contributed by atoms with van der Waals surface area (Å²) in [5.74, 6) is -0.385. The number of esters is 1. The molecule has 0 radical (unpaired) electrons. The third kappa shape index (κ3) is 3.34. The average molecular weight is 262 g/mol. The van der Waals surface area contributed by atoms with E-state index in [1.54, 1.807) is 24.4 Å². The van der Waals surface area contributed by atoms with Crippen LogP contribution in [0.1, 0.15) is 48.0 Å². The van der Waals surface area contributed by atoms with E-state index >= 15 is 0 Å². The minimum absolute atomic E-state index is 0.152. The van der Waals surface area contributed by atoms with Gasteiger partial charge in [-0.05, 0) is 29.7 Å². The number of ether oxygens (including phenoxy) is 1. The zero-order chi connectivity index (χ0) is 13.7. The highest BCUT2D eigenvalue weighted by molar-refractivity contribution is 5.98. The normalized spacial score (nSPS) is 17.2. The van der Waals surface area contributed by atoms with Crippen molar-refractivity contribution < 1.29 is 19.5 Å². The summed E-state index contributed by atoms with van der Waals surface area (Å²) in [5, 5.41) is 10.1. The highest BCUT2D eigenvalue weighted by Gasteiger charge is 2.24. The van der Waals surface area contributed by atoms with Crippen LogP contribution < -0.4 is 0 Å². The topological polar surface area (TPSA) is 49.5 Å². The lowest BCUT2D eigenvalue weighted by atomic mass is 9.96. The number of carbonyl (C=O) groups excluding carboxylic acids is 1. The molecule has 1 saturated carbocycles. The van der Waals surface area contributed by atoms with E-state index in [1.807, 2.05) is 6.07 Å². The van der Waals surface area contributed by atoms with Crippen molar-refractivity contribution in [3.63, 3.8) is 0 Å². The van der Waals surface area contributed by atoms with Gasteiger partial charge in [-0.25, -0.2) is 4.79 Å². The minimum Gasteiger partial charge on any atom is -0.465 e. The Morgan fingerprint density at radius 2 is 2.00 bits per heavy atom. The van der Waals surface area contributed by atoms with Crippen molar-refractivity contribution >= 4 is 12.2 Å². The second-order valence-corrected chi connectivity index (χ2v) is 4.88. The smallest absolute Gasteiger partial charge is 0.338 e. The summed E-state index contributed by atoms with van der Waals surface area (Å²) in [4.78, 5) is 11.6. The molecule has 1 aliphatic carbocycles. The number of carbonyl (C=O) groups is 1. The van der Waals surface area contributed by atoms with Crippen LogP contribution in [0, 0.1) is 0 Å². The third-order valence-electron chi connectivity index (χ3n) is 3.59. The number of hydrogen-bond acceptors (Lipinski definition) is 3. The molecule has 0 aromatic heterocycles. The molecule has 2 rings (SSSR count). The molecule has 1 aromatic carbocycles. The van der Waals surface area contributed by atoms with Crippen molar-refractivity contribution in [2.75, 3.05) is 7.11 Å². The largest absolute Gasteiger partial charge is 0.465 e. The van der Waals surface area contributed by atoms with Crippen LogP contribution in [-0.4, -0.2) is 35.3 Å². The average Bonchev–Trinajstić information content (AvgIpc) is 2.48. The van der Waals surface area contributed by atoms with Crippen LogP contribution in [0.15, 0.2) is 24.3 Å². The zero-order valence-corrected chi connectivity index (χ0v) is 11.2. The molecule has 1 aliphatic rings. The van der Waals surface area contributed by atoms with Gasteiger partial charge in [0.15, 0.2) is 0 Å². The van der Waals surface area contributed by atoms with Crippen LogP contribution in [-0.2, 0) is 4.74 Å². The summed E-state index contributed by atoms with van der Waals surface area (Å²) >= 11 is 0. The SMILES string of the molecule is COC(=O)c1ccccc1/C=[N+](\O)C1CCCCC1. The summed E-state index contributed by atoms with van der Waals surface area (Å²) in [6.07, 6.45) is 7.15. The van der Waals surface area contributed by atoms with Crippen molar-refractivity contribution in [3.05, 3.63) is 35.4 Å². The molecule has 0 saturated heterocycles. The van der Waals surface area contributed by atoms with Gasteiger partial charge < -0.3 is 4.74 Å². The highest BCUT2D eigenvalue weighted by atomic mass is 16.5.